The maximum absolute atomic E-state index is 2.46. The van der Waals surface area contributed by atoms with Crippen molar-refractivity contribution in [2.45, 2.75) is 0 Å². The number of anilines is 3. The number of hydrogen-bond donors (Lipinski definition) is 0. The molecule has 242 valence electrons. The molecule has 12 rings (SSSR count). The van der Waals surface area contributed by atoms with E-state index in [1.165, 1.54) is 110 Å². The zero-order valence-electron chi connectivity index (χ0n) is 27.8. The molecule has 0 unspecified atom stereocenters. The molecule has 0 bridgehead atoms. The quantitative estimate of drug-likeness (QED) is 0.176. The highest BCUT2D eigenvalue weighted by Gasteiger charge is 2.19. The van der Waals surface area contributed by atoms with Crippen LogP contribution in [0.15, 0.2) is 164 Å². The van der Waals surface area contributed by atoms with Gasteiger partial charge in [-0.3, -0.25) is 0 Å². The molecule has 52 heavy (non-hydrogen) atoms. The summed E-state index contributed by atoms with van der Waals surface area (Å²) in [5, 5.41) is 15.7. The summed E-state index contributed by atoms with van der Waals surface area (Å²) in [4.78, 5) is 2.46. The SMILES string of the molecule is c1ccc2cc3c(cc2c1)sc1cc(N(c2ccc4c(c2)sc2cc5ccccc5cc24)c2ccc4c(c2)sc2cc5ccccc5cc24)ccc13. The van der Waals surface area contributed by atoms with Crippen LogP contribution in [0.25, 0.3) is 92.8 Å². The molecule has 0 saturated heterocycles. The van der Waals surface area contributed by atoms with Gasteiger partial charge in [0, 0.05) is 77.6 Å². The molecule has 0 aliphatic heterocycles. The van der Waals surface area contributed by atoms with Crippen LogP contribution in [-0.2, 0) is 0 Å². The fourth-order valence-electron chi connectivity index (χ4n) is 8.22. The summed E-state index contributed by atoms with van der Waals surface area (Å²) in [5.74, 6) is 0. The Kier molecular flexibility index (Phi) is 6.03. The minimum Gasteiger partial charge on any atom is -0.310 e. The lowest BCUT2D eigenvalue weighted by molar-refractivity contribution is 1.30. The van der Waals surface area contributed by atoms with Crippen molar-refractivity contribution in [1.82, 2.24) is 0 Å². The summed E-state index contributed by atoms with van der Waals surface area (Å²) in [7, 11) is 0. The van der Waals surface area contributed by atoms with Crippen LogP contribution in [0.3, 0.4) is 0 Å². The number of benzene rings is 9. The van der Waals surface area contributed by atoms with E-state index in [2.05, 4.69) is 169 Å². The van der Waals surface area contributed by atoms with Gasteiger partial charge in [-0.15, -0.1) is 34.0 Å². The van der Waals surface area contributed by atoms with Crippen molar-refractivity contribution in [1.29, 1.82) is 0 Å². The normalized spacial score (nSPS) is 12.2. The Labute approximate surface area is 310 Å². The van der Waals surface area contributed by atoms with Crippen molar-refractivity contribution in [2.75, 3.05) is 4.90 Å². The first-order valence-corrected chi connectivity index (χ1v) is 20.0. The van der Waals surface area contributed by atoms with Crippen LogP contribution in [0.5, 0.6) is 0 Å². The van der Waals surface area contributed by atoms with E-state index in [1.54, 1.807) is 0 Å². The summed E-state index contributed by atoms with van der Waals surface area (Å²) < 4.78 is 7.90. The lowest BCUT2D eigenvalue weighted by Gasteiger charge is -2.26. The molecule has 1 nitrogen and oxygen atoms in total. The molecule has 0 spiro atoms. The maximum Gasteiger partial charge on any atom is 0.0476 e. The zero-order chi connectivity index (χ0) is 33.9. The van der Waals surface area contributed by atoms with Crippen LogP contribution < -0.4 is 4.90 Å². The Hall–Kier alpha value is -5.78. The minimum atomic E-state index is 1.17. The Bertz CT molecular complexity index is 3070. The van der Waals surface area contributed by atoms with Gasteiger partial charge in [-0.1, -0.05) is 91.0 Å². The number of nitrogens with zero attached hydrogens (tertiary/aromatic N) is 1. The maximum atomic E-state index is 2.46. The predicted molar refractivity (Wildman–Crippen MR) is 232 cm³/mol. The highest BCUT2D eigenvalue weighted by molar-refractivity contribution is 7.26. The van der Waals surface area contributed by atoms with E-state index in [-0.39, 0.29) is 0 Å². The highest BCUT2D eigenvalue weighted by atomic mass is 32.1. The van der Waals surface area contributed by atoms with E-state index in [0.29, 0.717) is 0 Å². The van der Waals surface area contributed by atoms with Crippen LogP contribution in [-0.4, -0.2) is 0 Å². The molecule has 3 heterocycles. The van der Waals surface area contributed by atoms with E-state index in [9.17, 15) is 0 Å². The first-order valence-electron chi connectivity index (χ1n) is 17.6. The van der Waals surface area contributed by atoms with Crippen LogP contribution in [0.4, 0.5) is 17.1 Å². The largest absolute Gasteiger partial charge is 0.310 e. The monoisotopic (exact) mass is 713 g/mol. The van der Waals surface area contributed by atoms with Crippen LogP contribution in [0.1, 0.15) is 0 Å². The van der Waals surface area contributed by atoms with Gasteiger partial charge in [-0.25, -0.2) is 0 Å². The zero-order valence-corrected chi connectivity index (χ0v) is 30.2. The first kappa shape index (κ1) is 28.9. The van der Waals surface area contributed by atoms with Gasteiger partial charge in [-0.05, 0) is 105 Å². The second kappa shape index (κ2) is 10.9. The number of hydrogen-bond acceptors (Lipinski definition) is 4. The van der Waals surface area contributed by atoms with Gasteiger partial charge in [0.1, 0.15) is 0 Å². The van der Waals surface area contributed by atoms with E-state index >= 15 is 0 Å². The summed E-state index contributed by atoms with van der Waals surface area (Å²) in [6.45, 7) is 0. The van der Waals surface area contributed by atoms with E-state index in [1.807, 2.05) is 34.0 Å². The lowest BCUT2D eigenvalue weighted by atomic mass is 10.0. The summed E-state index contributed by atoms with van der Waals surface area (Å²) in [6.07, 6.45) is 0. The molecule has 0 amide bonds. The van der Waals surface area contributed by atoms with Crippen molar-refractivity contribution >= 4 is 144 Å². The Morgan fingerprint density at radius 3 is 0.827 bits per heavy atom. The van der Waals surface area contributed by atoms with Gasteiger partial charge in [0.25, 0.3) is 0 Å². The van der Waals surface area contributed by atoms with Crippen molar-refractivity contribution < 1.29 is 0 Å². The van der Waals surface area contributed by atoms with Crippen LogP contribution in [0.2, 0.25) is 0 Å². The molecule has 0 radical (unpaired) electrons. The van der Waals surface area contributed by atoms with Crippen molar-refractivity contribution in [3.05, 3.63) is 164 Å². The van der Waals surface area contributed by atoms with Crippen molar-refractivity contribution in [3.63, 3.8) is 0 Å². The van der Waals surface area contributed by atoms with Gasteiger partial charge in [-0.2, -0.15) is 0 Å². The third-order valence-electron chi connectivity index (χ3n) is 10.7. The molecule has 0 N–H and O–H groups in total. The van der Waals surface area contributed by atoms with Gasteiger partial charge in [0.2, 0.25) is 0 Å². The standard InChI is InChI=1S/C48H27NS3/c1-4-10-31-22-43-40(19-28(31)7-1)37-16-13-34(25-46(37)50-43)49(35-14-17-38-41-20-29-8-2-5-11-32(29)23-44(41)51-47(38)26-35)36-15-18-39-42-21-30-9-3-6-12-33(30)24-45(42)52-48(39)27-36/h1-27H. The van der Waals surface area contributed by atoms with Gasteiger partial charge in [0.05, 0.1) is 0 Å². The third kappa shape index (κ3) is 4.32. The van der Waals surface area contributed by atoms with E-state index in [0.717, 1.165) is 0 Å². The summed E-state index contributed by atoms with van der Waals surface area (Å²) in [5.41, 5.74) is 3.50. The second-order valence-corrected chi connectivity index (χ2v) is 17.0. The molecular formula is C48H27NS3. The Morgan fingerprint density at radius 1 is 0.250 bits per heavy atom. The van der Waals surface area contributed by atoms with Gasteiger partial charge in [0.15, 0.2) is 0 Å². The smallest absolute Gasteiger partial charge is 0.0476 e. The number of thiophene rings is 3. The van der Waals surface area contributed by atoms with Crippen LogP contribution in [0, 0.1) is 0 Å². The summed E-state index contributed by atoms with van der Waals surface area (Å²) >= 11 is 5.67. The molecule has 9 aromatic carbocycles. The van der Waals surface area contributed by atoms with Crippen molar-refractivity contribution in [2.24, 2.45) is 0 Å². The van der Waals surface area contributed by atoms with Gasteiger partial charge >= 0.3 is 0 Å². The highest BCUT2D eigenvalue weighted by Crippen LogP contribution is 2.46. The first-order chi connectivity index (χ1) is 25.7. The fourth-order valence-corrected chi connectivity index (χ4v) is 11.7. The second-order valence-electron chi connectivity index (χ2n) is 13.8. The predicted octanol–water partition coefficient (Wildman–Crippen LogP) is 15.7. The minimum absolute atomic E-state index is 1.17. The average molecular weight is 714 g/mol. The third-order valence-corrected chi connectivity index (χ3v) is 14.1. The Morgan fingerprint density at radius 2 is 0.519 bits per heavy atom. The lowest BCUT2D eigenvalue weighted by Crippen LogP contribution is -2.09. The molecule has 0 aliphatic carbocycles. The number of rotatable bonds is 3. The summed E-state index contributed by atoms with van der Waals surface area (Å²) in [6, 6.07) is 61.3. The van der Waals surface area contributed by atoms with E-state index in [4.69, 9.17) is 0 Å². The molecule has 0 atom stereocenters. The Balaban J connectivity index is 1.07. The van der Waals surface area contributed by atoms with Crippen molar-refractivity contribution in [3.8, 4) is 0 Å². The topological polar surface area (TPSA) is 3.24 Å². The molecule has 0 saturated carbocycles. The fraction of sp³-hybridized carbons (Fsp3) is 0. The molecular weight excluding hydrogens is 687 g/mol. The molecule has 0 aliphatic rings. The molecule has 4 heteroatoms. The van der Waals surface area contributed by atoms with Crippen LogP contribution >= 0.6 is 34.0 Å². The molecule has 3 aromatic heterocycles. The molecule has 0 fully saturated rings. The number of fused-ring (bicyclic) bond motifs is 12. The average Bonchev–Trinajstić information content (AvgIpc) is 3.84. The van der Waals surface area contributed by atoms with Gasteiger partial charge < -0.3 is 4.90 Å². The van der Waals surface area contributed by atoms with E-state index < -0.39 is 0 Å². The molecule has 12 aromatic rings.